The molecule has 0 amide bonds. The van der Waals surface area contributed by atoms with E-state index in [1.54, 1.807) is 0 Å². The second-order valence-corrected chi connectivity index (χ2v) is 6.03. The Morgan fingerprint density at radius 3 is 2.95 bits per heavy atom. The van der Waals surface area contributed by atoms with Gasteiger partial charge in [-0.1, -0.05) is 18.6 Å². The molecule has 2 rings (SSSR count). The molecule has 1 aliphatic carbocycles. The number of rotatable bonds is 5. The highest BCUT2D eigenvalue weighted by molar-refractivity contribution is 5.47. The highest BCUT2D eigenvalue weighted by Crippen LogP contribution is 2.35. The third-order valence-corrected chi connectivity index (χ3v) is 4.56. The van der Waals surface area contributed by atoms with Crippen molar-refractivity contribution < 1.29 is 5.11 Å². The van der Waals surface area contributed by atoms with E-state index in [1.165, 1.54) is 11.3 Å². The Kier molecular flexibility index (Phi) is 4.48. The van der Waals surface area contributed by atoms with Gasteiger partial charge in [-0.2, -0.15) is 0 Å². The molecule has 0 bridgehead atoms. The molecule has 0 aromatic heterocycles. The number of nitrogens with two attached hydrogens (primary N) is 1. The summed E-state index contributed by atoms with van der Waals surface area (Å²) in [6, 6.07) is 8.56. The topological polar surface area (TPSA) is 49.5 Å². The number of hydrogen-bond donors (Lipinski definition) is 2. The van der Waals surface area contributed by atoms with Gasteiger partial charge in [-0.15, -0.1) is 0 Å². The van der Waals surface area contributed by atoms with E-state index in [4.69, 9.17) is 5.73 Å². The third kappa shape index (κ3) is 3.28. The van der Waals surface area contributed by atoms with Gasteiger partial charge in [0, 0.05) is 24.8 Å². The maximum absolute atomic E-state index is 9.48. The largest absolute Gasteiger partial charge is 0.394 e. The van der Waals surface area contributed by atoms with Crippen molar-refractivity contribution in [1.82, 2.24) is 0 Å². The van der Waals surface area contributed by atoms with E-state index in [2.05, 4.69) is 43.1 Å². The van der Waals surface area contributed by atoms with Crippen molar-refractivity contribution in [3.63, 3.8) is 0 Å². The van der Waals surface area contributed by atoms with Gasteiger partial charge < -0.3 is 15.7 Å². The fourth-order valence-electron chi connectivity index (χ4n) is 3.15. The van der Waals surface area contributed by atoms with E-state index < -0.39 is 0 Å². The summed E-state index contributed by atoms with van der Waals surface area (Å²) in [5.74, 6) is 0.449. The molecule has 0 radical (unpaired) electrons. The van der Waals surface area contributed by atoms with E-state index in [1.807, 2.05) is 0 Å². The van der Waals surface area contributed by atoms with Crippen LogP contribution in [0.3, 0.4) is 0 Å². The van der Waals surface area contributed by atoms with Crippen LogP contribution in [0.5, 0.6) is 0 Å². The number of hydrogen-bond acceptors (Lipinski definition) is 3. The van der Waals surface area contributed by atoms with Gasteiger partial charge >= 0.3 is 0 Å². The van der Waals surface area contributed by atoms with Gasteiger partial charge in [-0.3, -0.25) is 0 Å². The second-order valence-electron chi connectivity index (χ2n) is 6.03. The zero-order valence-electron chi connectivity index (χ0n) is 12.1. The SMILES string of the molecule is Cc1cccc(N(C)CCC2CCCC2(N)CO)c1. The molecule has 1 aromatic carbocycles. The van der Waals surface area contributed by atoms with Crippen LogP contribution in [0.2, 0.25) is 0 Å². The summed E-state index contributed by atoms with van der Waals surface area (Å²) in [4.78, 5) is 2.28. The standard InChI is InChI=1S/C16H26N2O/c1-13-5-3-7-15(11-13)18(2)10-8-14-6-4-9-16(14,17)12-19/h3,5,7,11,14,19H,4,6,8-10,12,17H2,1-2H3. The summed E-state index contributed by atoms with van der Waals surface area (Å²) in [6.45, 7) is 3.23. The number of aliphatic hydroxyl groups is 1. The van der Waals surface area contributed by atoms with Gasteiger partial charge in [0.2, 0.25) is 0 Å². The van der Waals surface area contributed by atoms with Gasteiger partial charge in [0.15, 0.2) is 0 Å². The zero-order chi connectivity index (χ0) is 13.9. The first kappa shape index (κ1) is 14.4. The van der Waals surface area contributed by atoms with Crippen LogP contribution in [-0.2, 0) is 0 Å². The molecular weight excluding hydrogens is 236 g/mol. The van der Waals surface area contributed by atoms with Crippen LogP contribution >= 0.6 is 0 Å². The average Bonchev–Trinajstić information content (AvgIpc) is 2.78. The molecule has 106 valence electrons. The van der Waals surface area contributed by atoms with Crippen molar-refractivity contribution >= 4 is 5.69 Å². The third-order valence-electron chi connectivity index (χ3n) is 4.56. The first-order valence-corrected chi connectivity index (χ1v) is 7.23. The Labute approximate surface area is 116 Å². The van der Waals surface area contributed by atoms with Gasteiger partial charge in [0.25, 0.3) is 0 Å². The summed E-state index contributed by atoms with van der Waals surface area (Å²) in [6.07, 6.45) is 4.32. The van der Waals surface area contributed by atoms with Crippen LogP contribution in [0, 0.1) is 12.8 Å². The molecule has 19 heavy (non-hydrogen) atoms. The minimum absolute atomic E-state index is 0.117. The molecule has 2 atom stereocenters. The summed E-state index contributed by atoms with van der Waals surface area (Å²) in [5.41, 5.74) is 8.48. The van der Waals surface area contributed by atoms with E-state index >= 15 is 0 Å². The van der Waals surface area contributed by atoms with Crippen molar-refractivity contribution in [3.05, 3.63) is 29.8 Å². The minimum atomic E-state index is -0.340. The predicted octanol–water partition coefficient (Wildman–Crippen LogP) is 2.31. The molecule has 1 saturated carbocycles. The van der Waals surface area contributed by atoms with Gasteiger partial charge in [-0.25, -0.2) is 0 Å². The van der Waals surface area contributed by atoms with Gasteiger partial charge in [0.1, 0.15) is 0 Å². The smallest absolute Gasteiger partial charge is 0.0613 e. The van der Waals surface area contributed by atoms with Crippen LogP contribution < -0.4 is 10.6 Å². The van der Waals surface area contributed by atoms with E-state index in [0.29, 0.717) is 5.92 Å². The fourth-order valence-corrected chi connectivity index (χ4v) is 3.15. The molecular formula is C16H26N2O. The van der Waals surface area contributed by atoms with Crippen molar-refractivity contribution in [2.45, 2.75) is 38.1 Å². The lowest BCUT2D eigenvalue weighted by Crippen LogP contribution is -2.47. The molecule has 0 saturated heterocycles. The molecule has 2 unspecified atom stereocenters. The maximum Gasteiger partial charge on any atom is 0.0613 e. The van der Waals surface area contributed by atoms with Crippen LogP contribution in [0.4, 0.5) is 5.69 Å². The van der Waals surface area contributed by atoms with E-state index in [9.17, 15) is 5.11 Å². The first-order chi connectivity index (χ1) is 9.05. The quantitative estimate of drug-likeness (QED) is 0.856. The molecule has 0 heterocycles. The molecule has 0 aliphatic heterocycles. The van der Waals surface area contributed by atoms with E-state index in [0.717, 1.165) is 32.2 Å². The van der Waals surface area contributed by atoms with Crippen molar-refractivity contribution in [2.24, 2.45) is 11.7 Å². The highest BCUT2D eigenvalue weighted by Gasteiger charge is 2.38. The number of aryl methyl sites for hydroxylation is 1. The minimum Gasteiger partial charge on any atom is -0.394 e. The summed E-state index contributed by atoms with van der Waals surface area (Å²) in [7, 11) is 2.13. The molecule has 3 nitrogen and oxygen atoms in total. The number of nitrogens with zero attached hydrogens (tertiary/aromatic N) is 1. The number of anilines is 1. The Hall–Kier alpha value is -1.06. The Balaban J connectivity index is 1.92. The van der Waals surface area contributed by atoms with Crippen molar-refractivity contribution in [2.75, 3.05) is 25.1 Å². The Bertz CT molecular complexity index is 421. The normalized spacial score (nSPS) is 26.6. The first-order valence-electron chi connectivity index (χ1n) is 7.23. The van der Waals surface area contributed by atoms with Crippen LogP contribution in [0.1, 0.15) is 31.2 Å². The van der Waals surface area contributed by atoms with Crippen LogP contribution in [-0.4, -0.2) is 30.8 Å². The molecule has 1 aliphatic rings. The van der Waals surface area contributed by atoms with Gasteiger partial charge in [-0.05, 0) is 49.8 Å². The number of aliphatic hydroxyl groups excluding tert-OH is 1. The lowest BCUT2D eigenvalue weighted by molar-refractivity contribution is 0.156. The Morgan fingerprint density at radius 2 is 2.26 bits per heavy atom. The van der Waals surface area contributed by atoms with Crippen LogP contribution in [0.15, 0.2) is 24.3 Å². The maximum atomic E-state index is 9.48. The highest BCUT2D eigenvalue weighted by atomic mass is 16.3. The summed E-state index contributed by atoms with van der Waals surface area (Å²) in [5, 5.41) is 9.48. The van der Waals surface area contributed by atoms with Crippen LogP contribution in [0.25, 0.3) is 0 Å². The average molecular weight is 262 g/mol. The van der Waals surface area contributed by atoms with Crippen molar-refractivity contribution in [1.29, 1.82) is 0 Å². The monoisotopic (exact) mass is 262 g/mol. The second kappa shape index (κ2) is 5.93. The molecule has 3 N–H and O–H groups in total. The Morgan fingerprint density at radius 1 is 1.47 bits per heavy atom. The lowest BCUT2D eigenvalue weighted by atomic mass is 9.86. The van der Waals surface area contributed by atoms with E-state index in [-0.39, 0.29) is 12.1 Å². The molecule has 0 spiro atoms. The van der Waals surface area contributed by atoms with Gasteiger partial charge in [0.05, 0.1) is 6.61 Å². The lowest BCUT2D eigenvalue weighted by Gasteiger charge is -2.31. The number of benzene rings is 1. The summed E-state index contributed by atoms with van der Waals surface area (Å²) < 4.78 is 0. The molecule has 1 fully saturated rings. The molecule has 3 heteroatoms. The summed E-state index contributed by atoms with van der Waals surface area (Å²) >= 11 is 0. The molecule has 1 aromatic rings. The fraction of sp³-hybridized carbons (Fsp3) is 0.625. The zero-order valence-corrected chi connectivity index (χ0v) is 12.1. The predicted molar refractivity (Wildman–Crippen MR) is 80.4 cm³/mol. The van der Waals surface area contributed by atoms with Crippen molar-refractivity contribution in [3.8, 4) is 0 Å².